The molecule has 21 heavy (non-hydrogen) atoms. The summed E-state index contributed by atoms with van der Waals surface area (Å²) in [5, 5.41) is 4.06. The standard InChI is InChI=1S/C16H24ClNO2S/c1-12(2)18-16(3,15(19)20-4)9-10-21-11-13-5-7-14(17)8-6-13/h5-8,12,18H,9-11H2,1-4H3. The van der Waals surface area contributed by atoms with Gasteiger partial charge in [-0.05, 0) is 50.6 Å². The maximum absolute atomic E-state index is 12.0. The second-order valence-corrected chi connectivity index (χ2v) is 7.09. The van der Waals surface area contributed by atoms with Gasteiger partial charge in [-0.25, -0.2) is 0 Å². The first-order valence-corrected chi connectivity index (χ1v) is 8.59. The van der Waals surface area contributed by atoms with E-state index < -0.39 is 5.54 Å². The SMILES string of the molecule is COC(=O)C(C)(CCSCc1ccc(Cl)cc1)NC(C)C. The molecule has 1 aromatic carbocycles. The van der Waals surface area contributed by atoms with Gasteiger partial charge in [0.05, 0.1) is 7.11 Å². The number of ether oxygens (including phenoxy) is 1. The van der Waals surface area contributed by atoms with Gasteiger partial charge in [0, 0.05) is 16.8 Å². The van der Waals surface area contributed by atoms with E-state index in [0.29, 0.717) is 0 Å². The molecule has 3 nitrogen and oxygen atoms in total. The van der Waals surface area contributed by atoms with Crippen LogP contribution in [0.2, 0.25) is 5.02 Å². The summed E-state index contributed by atoms with van der Waals surface area (Å²) in [4.78, 5) is 12.0. The van der Waals surface area contributed by atoms with E-state index in [9.17, 15) is 4.79 Å². The molecule has 5 heteroatoms. The Hall–Kier alpha value is -0.710. The van der Waals surface area contributed by atoms with Crippen molar-refractivity contribution in [3.63, 3.8) is 0 Å². The van der Waals surface area contributed by atoms with Crippen LogP contribution < -0.4 is 5.32 Å². The molecule has 0 saturated carbocycles. The minimum Gasteiger partial charge on any atom is -0.468 e. The van der Waals surface area contributed by atoms with Crippen molar-refractivity contribution in [1.29, 1.82) is 0 Å². The fourth-order valence-electron chi connectivity index (χ4n) is 2.14. The molecule has 1 N–H and O–H groups in total. The van der Waals surface area contributed by atoms with E-state index in [1.807, 2.05) is 45.0 Å². The van der Waals surface area contributed by atoms with Crippen molar-refractivity contribution < 1.29 is 9.53 Å². The highest BCUT2D eigenvalue weighted by atomic mass is 35.5. The van der Waals surface area contributed by atoms with Crippen molar-refractivity contribution in [3.05, 3.63) is 34.9 Å². The van der Waals surface area contributed by atoms with Crippen LogP contribution in [0.5, 0.6) is 0 Å². The van der Waals surface area contributed by atoms with Gasteiger partial charge in [-0.15, -0.1) is 0 Å². The Bertz CT molecular complexity index is 450. The molecule has 0 aromatic heterocycles. The van der Waals surface area contributed by atoms with Gasteiger partial charge in [0.2, 0.25) is 0 Å². The van der Waals surface area contributed by atoms with Crippen LogP contribution in [0.15, 0.2) is 24.3 Å². The molecule has 1 atom stereocenters. The van der Waals surface area contributed by atoms with Crippen LogP contribution in [-0.2, 0) is 15.3 Å². The smallest absolute Gasteiger partial charge is 0.325 e. The van der Waals surface area contributed by atoms with Crippen LogP contribution in [0.1, 0.15) is 32.8 Å². The average Bonchev–Trinajstić information content (AvgIpc) is 2.44. The third-order valence-electron chi connectivity index (χ3n) is 3.17. The fraction of sp³-hybridized carbons (Fsp3) is 0.562. The number of benzene rings is 1. The third-order valence-corrected chi connectivity index (χ3v) is 4.45. The van der Waals surface area contributed by atoms with Gasteiger partial charge >= 0.3 is 5.97 Å². The average molecular weight is 330 g/mol. The van der Waals surface area contributed by atoms with Crippen molar-refractivity contribution in [2.24, 2.45) is 0 Å². The van der Waals surface area contributed by atoms with Crippen molar-refractivity contribution in [3.8, 4) is 0 Å². The maximum atomic E-state index is 12.0. The second kappa shape index (κ2) is 8.66. The highest BCUT2D eigenvalue weighted by Gasteiger charge is 2.34. The van der Waals surface area contributed by atoms with E-state index in [4.69, 9.17) is 16.3 Å². The van der Waals surface area contributed by atoms with E-state index in [1.165, 1.54) is 12.7 Å². The van der Waals surface area contributed by atoms with E-state index in [1.54, 1.807) is 11.8 Å². The fourth-order valence-corrected chi connectivity index (χ4v) is 3.39. The number of carbonyl (C=O) groups is 1. The summed E-state index contributed by atoms with van der Waals surface area (Å²) in [6, 6.07) is 8.09. The molecule has 0 spiro atoms. The van der Waals surface area contributed by atoms with Crippen LogP contribution in [-0.4, -0.2) is 30.4 Å². The molecule has 118 valence electrons. The van der Waals surface area contributed by atoms with Gasteiger partial charge in [0.1, 0.15) is 5.54 Å². The van der Waals surface area contributed by atoms with E-state index in [2.05, 4.69) is 5.32 Å². The van der Waals surface area contributed by atoms with Crippen molar-refractivity contribution in [2.45, 2.75) is 44.5 Å². The number of carbonyl (C=O) groups excluding carboxylic acids is 1. The Morgan fingerprint density at radius 1 is 1.38 bits per heavy atom. The molecule has 1 rings (SSSR count). The van der Waals surface area contributed by atoms with Crippen molar-refractivity contribution in [2.75, 3.05) is 12.9 Å². The van der Waals surface area contributed by atoms with Gasteiger partial charge in [-0.2, -0.15) is 11.8 Å². The van der Waals surface area contributed by atoms with Crippen LogP contribution in [0.3, 0.4) is 0 Å². The largest absolute Gasteiger partial charge is 0.468 e. The molecule has 0 bridgehead atoms. The molecule has 0 aliphatic carbocycles. The van der Waals surface area contributed by atoms with Crippen LogP contribution in [0.25, 0.3) is 0 Å². The lowest BCUT2D eigenvalue weighted by Crippen LogP contribution is -2.53. The minimum atomic E-state index is -0.629. The molecule has 0 aliphatic heterocycles. The van der Waals surface area contributed by atoms with Gasteiger partial charge in [0.15, 0.2) is 0 Å². The predicted molar refractivity (Wildman–Crippen MR) is 90.9 cm³/mol. The molecule has 1 unspecified atom stereocenters. The maximum Gasteiger partial charge on any atom is 0.325 e. The molecule has 0 heterocycles. The van der Waals surface area contributed by atoms with Gasteiger partial charge in [-0.3, -0.25) is 10.1 Å². The lowest BCUT2D eigenvalue weighted by Gasteiger charge is -2.30. The number of methoxy groups -OCH3 is 1. The van der Waals surface area contributed by atoms with E-state index in [-0.39, 0.29) is 12.0 Å². The summed E-state index contributed by atoms with van der Waals surface area (Å²) >= 11 is 7.67. The molecule has 0 saturated heterocycles. The minimum absolute atomic E-state index is 0.205. The first-order chi connectivity index (χ1) is 9.87. The molecule has 1 aromatic rings. The first kappa shape index (κ1) is 18.3. The third kappa shape index (κ3) is 6.29. The molecule has 0 radical (unpaired) electrons. The number of hydrogen-bond donors (Lipinski definition) is 1. The summed E-state index contributed by atoms with van der Waals surface area (Å²) in [5.41, 5.74) is 0.608. The number of rotatable bonds is 8. The summed E-state index contributed by atoms with van der Waals surface area (Å²) < 4.78 is 4.92. The van der Waals surface area contributed by atoms with E-state index in [0.717, 1.165) is 22.9 Å². The quantitative estimate of drug-likeness (QED) is 0.580. The predicted octanol–water partition coefficient (Wildman–Crippen LogP) is 3.89. The van der Waals surface area contributed by atoms with Crippen molar-refractivity contribution in [1.82, 2.24) is 5.32 Å². The monoisotopic (exact) mass is 329 g/mol. The Kier molecular flexibility index (Phi) is 7.57. The summed E-state index contributed by atoms with van der Waals surface area (Å²) in [7, 11) is 1.43. The lowest BCUT2D eigenvalue weighted by molar-refractivity contribution is -0.148. The summed E-state index contributed by atoms with van der Waals surface area (Å²) in [6.07, 6.45) is 0.732. The number of halogens is 1. The van der Waals surface area contributed by atoms with Crippen molar-refractivity contribution >= 4 is 29.3 Å². The van der Waals surface area contributed by atoms with Crippen LogP contribution >= 0.6 is 23.4 Å². The topological polar surface area (TPSA) is 38.3 Å². The van der Waals surface area contributed by atoms with E-state index >= 15 is 0 Å². The molecule has 0 amide bonds. The summed E-state index contributed by atoms with van der Waals surface area (Å²) in [5.74, 6) is 1.59. The lowest BCUT2D eigenvalue weighted by atomic mass is 9.98. The Balaban J connectivity index is 2.46. The Morgan fingerprint density at radius 3 is 2.52 bits per heavy atom. The van der Waals surface area contributed by atoms with Gasteiger partial charge < -0.3 is 4.74 Å². The molecule has 0 aliphatic rings. The number of hydrogen-bond acceptors (Lipinski definition) is 4. The number of nitrogens with one attached hydrogen (secondary N) is 1. The zero-order valence-corrected chi connectivity index (χ0v) is 14.7. The van der Waals surface area contributed by atoms with Crippen LogP contribution in [0.4, 0.5) is 0 Å². The highest BCUT2D eigenvalue weighted by molar-refractivity contribution is 7.98. The zero-order valence-electron chi connectivity index (χ0n) is 13.1. The number of esters is 1. The summed E-state index contributed by atoms with van der Waals surface area (Å²) in [6.45, 7) is 5.96. The second-order valence-electron chi connectivity index (χ2n) is 5.55. The highest BCUT2D eigenvalue weighted by Crippen LogP contribution is 2.20. The Labute approximate surface area is 136 Å². The zero-order chi connectivity index (χ0) is 15.9. The molecule has 0 fully saturated rings. The van der Waals surface area contributed by atoms with Gasteiger partial charge in [0.25, 0.3) is 0 Å². The molecular formula is C16H24ClNO2S. The molecular weight excluding hydrogens is 306 g/mol. The normalized spacial score (nSPS) is 14.0. The first-order valence-electron chi connectivity index (χ1n) is 7.05. The van der Waals surface area contributed by atoms with Crippen LogP contribution in [0, 0.1) is 0 Å². The Morgan fingerprint density at radius 2 is 2.00 bits per heavy atom. The van der Waals surface area contributed by atoms with Gasteiger partial charge in [-0.1, -0.05) is 23.7 Å². The number of thioether (sulfide) groups is 1.